The third-order valence-corrected chi connectivity index (χ3v) is 3.75. The van der Waals surface area contributed by atoms with Crippen LogP contribution in [0, 0.1) is 13.8 Å². The van der Waals surface area contributed by atoms with Crippen molar-refractivity contribution >= 4 is 0 Å². The molecule has 0 aliphatic carbocycles. The predicted molar refractivity (Wildman–Crippen MR) is 71.7 cm³/mol. The largest absolute Gasteiger partial charge is 0.491 e. The second kappa shape index (κ2) is 5.54. The smallest absolute Gasteiger partial charge is 0.125 e. The van der Waals surface area contributed by atoms with E-state index < -0.39 is 0 Å². The zero-order valence-electron chi connectivity index (χ0n) is 11.2. The molecule has 0 amide bonds. The molecule has 1 heterocycles. The van der Waals surface area contributed by atoms with Gasteiger partial charge in [-0.1, -0.05) is 24.6 Å². The number of nitrogens with zero attached hydrogens (tertiary/aromatic N) is 1. The van der Waals surface area contributed by atoms with Gasteiger partial charge in [0.2, 0.25) is 0 Å². The zero-order valence-corrected chi connectivity index (χ0v) is 11.2. The first-order valence-electron chi connectivity index (χ1n) is 6.57. The lowest BCUT2D eigenvalue weighted by Crippen LogP contribution is -2.40. The van der Waals surface area contributed by atoms with E-state index >= 15 is 0 Å². The lowest BCUT2D eigenvalue weighted by Gasteiger charge is -2.32. The Bertz CT molecular complexity index is 355. The van der Waals surface area contributed by atoms with E-state index in [0.29, 0.717) is 6.04 Å². The van der Waals surface area contributed by atoms with Crippen molar-refractivity contribution in [3.8, 4) is 5.75 Å². The molecule has 1 aromatic rings. The Morgan fingerprint density at radius 3 is 2.59 bits per heavy atom. The number of para-hydroxylation sites is 1. The van der Waals surface area contributed by atoms with Crippen LogP contribution in [-0.2, 0) is 0 Å². The van der Waals surface area contributed by atoms with Crippen molar-refractivity contribution in [2.24, 2.45) is 0 Å². The van der Waals surface area contributed by atoms with Crippen LogP contribution in [0.25, 0.3) is 0 Å². The molecule has 1 atom stereocenters. The molecule has 1 aromatic carbocycles. The number of piperidine rings is 1. The summed E-state index contributed by atoms with van der Waals surface area (Å²) in [7, 11) is 2.21. The molecule has 94 valence electrons. The number of aryl methyl sites for hydroxylation is 2. The van der Waals surface area contributed by atoms with Crippen LogP contribution < -0.4 is 4.74 Å². The Balaban J connectivity index is 1.97. The lowest BCUT2D eigenvalue weighted by atomic mass is 10.0. The molecule has 1 unspecified atom stereocenters. The van der Waals surface area contributed by atoms with Gasteiger partial charge >= 0.3 is 0 Å². The molecule has 2 nitrogen and oxygen atoms in total. The predicted octanol–water partition coefficient (Wildman–Crippen LogP) is 3.17. The van der Waals surface area contributed by atoms with Gasteiger partial charge in [-0.2, -0.15) is 0 Å². The number of rotatable bonds is 3. The van der Waals surface area contributed by atoms with Gasteiger partial charge in [-0.25, -0.2) is 0 Å². The minimum atomic E-state index is 0.586. The first-order chi connectivity index (χ1) is 8.18. The summed E-state index contributed by atoms with van der Waals surface area (Å²) >= 11 is 0. The maximum Gasteiger partial charge on any atom is 0.125 e. The van der Waals surface area contributed by atoms with Gasteiger partial charge in [-0.3, -0.25) is 0 Å². The molecule has 2 rings (SSSR count). The molecule has 1 saturated heterocycles. The molecular formula is C15H23NO. The van der Waals surface area contributed by atoms with E-state index in [1.54, 1.807) is 0 Å². The van der Waals surface area contributed by atoms with Crippen LogP contribution in [0.4, 0.5) is 0 Å². The quantitative estimate of drug-likeness (QED) is 0.795. The molecule has 1 aliphatic heterocycles. The van der Waals surface area contributed by atoms with Crippen molar-refractivity contribution in [3.63, 3.8) is 0 Å². The first kappa shape index (κ1) is 12.4. The number of hydrogen-bond acceptors (Lipinski definition) is 2. The highest BCUT2D eigenvalue weighted by molar-refractivity contribution is 5.39. The van der Waals surface area contributed by atoms with Crippen molar-refractivity contribution in [1.29, 1.82) is 0 Å². The second-order valence-electron chi connectivity index (χ2n) is 5.16. The third kappa shape index (κ3) is 3.01. The normalized spacial score (nSPS) is 21.5. The molecule has 0 N–H and O–H groups in total. The Labute approximate surface area is 105 Å². The van der Waals surface area contributed by atoms with Gasteiger partial charge in [0, 0.05) is 6.04 Å². The van der Waals surface area contributed by atoms with Crippen molar-refractivity contribution < 1.29 is 4.74 Å². The van der Waals surface area contributed by atoms with Gasteiger partial charge in [-0.05, 0) is 51.4 Å². The van der Waals surface area contributed by atoms with Crippen molar-refractivity contribution in [2.45, 2.75) is 39.2 Å². The molecule has 0 aromatic heterocycles. The lowest BCUT2D eigenvalue weighted by molar-refractivity contribution is 0.124. The summed E-state index contributed by atoms with van der Waals surface area (Å²) < 4.78 is 6.04. The molecule has 1 fully saturated rings. The third-order valence-electron chi connectivity index (χ3n) is 3.75. The van der Waals surface area contributed by atoms with E-state index in [4.69, 9.17) is 4.74 Å². The molecule has 0 saturated carbocycles. The summed E-state index contributed by atoms with van der Waals surface area (Å²) in [5, 5.41) is 0. The number of benzene rings is 1. The van der Waals surface area contributed by atoms with Gasteiger partial charge < -0.3 is 9.64 Å². The fraction of sp³-hybridized carbons (Fsp3) is 0.600. The van der Waals surface area contributed by atoms with E-state index in [1.807, 2.05) is 0 Å². The Kier molecular flexibility index (Phi) is 4.06. The summed E-state index contributed by atoms with van der Waals surface area (Å²) in [6.45, 7) is 6.27. The summed E-state index contributed by atoms with van der Waals surface area (Å²) in [6, 6.07) is 6.91. The van der Waals surface area contributed by atoms with Gasteiger partial charge in [0.15, 0.2) is 0 Å². The molecule has 0 bridgehead atoms. The van der Waals surface area contributed by atoms with Crippen LogP contribution in [0.3, 0.4) is 0 Å². The van der Waals surface area contributed by atoms with Crippen LogP contribution >= 0.6 is 0 Å². The highest BCUT2D eigenvalue weighted by Gasteiger charge is 2.19. The van der Waals surface area contributed by atoms with Gasteiger partial charge in [0.1, 0.15) is 12.4 Å². The van der Waals surface area contributed by atoms with Crippen LogP contribution in [-0.4, -0.2) is 31.1 Å². The van der Waals surface area contributed by atoms with Crippen LogP contribution in [0.1, 0.15) is 30.4 Å². The summed E-state index contributed by atoms with van der Waals surface area (Å²) in [5.41, 5.74) is 2.48. The number of hydrogen-bond donors (Lipinski definition) is 0. The summed E-state index contributed by atoms with van der Waals surface area (Å²) in [5.74, 6) is 1.08. The van der Waals surface area contributed by atoms with Crippen molar-refractivity contribution in [3.05, 3.63) is 29.3 Å². The van der Waals surface area contributed by atoms with E-state index in [2.05, 4.69) is 44.0 Å². The van der Waals surface area contributed by atoms with Crippen LogP contribution in [0.5, 0.6) is 5.75 Å². The average molecular weight is 233 g/mol. The first-order valence-corrected chi connectivity index (χ1v) is 6.57. The maximum absolute atomic E-state index is 6.04. The zero-order chi connectivity index (χ0) is 12.3. The minimum Gasteiger partial charge on any atom is -0.491 e. The van der Waals surface area contributed by atoms with E-state index in [-0.39, 0.29) is 0 Å². The van der Waals surface area contributed by atoms with Crippen LogP contribution in [0.2, 0.25) is 0 Å². The van der Waals surface area contributed by atoms with Crippen LogP contribution in [0.15, 0.2) is 18.2 Å². The number of ether oxygens (including phenoxy) is 1. The monoisotopic (exact) mass is 233 g/mol. The average Bonchev–Trinajstić information content (AvgIpc) is 2.30. The van der Waals surface area contributed by atoms with Crippen molar-refractivity contribution in [2.75, 3.05) is 20.2 Å². The van der Waals surface area contributed by atoms with Crippen molar-refractivity contribution in [1.82, 2.24) is 4.90 Å². The standard InChI is InChI=1S/C15H23NO/c1-12-7-6-8-13(2)15(12)17-11-14-9-4-5-10-16(14)3/h6-8,14H,4-5,9-11H2,1-3H3. The summed E-state index contributed by atoms with van der Waals surface area (Å²) in [4.78, 5) is 2.43. The van der Waals surface area contributed by atoms with Gasteiger partial charge in [0.25, 0.3) is 0 Å². The Hall–Kier alpha value is -1.02. The summed E-state index contributed by atoms with van der Waals surface area (Å²) in [6.07, 6.45) is 3.93. The fourth-order valence-electron chi connectivity index (χ4n) is 2.56. The Morgan fingerprint density at radius 2 is 1.94 bits per heavy atom. The highest BCUT2D eigenvalue weighted by Crippen LogP contribution is 2.24. The number of likely N-dealkylation sites (tertiary alicyclic amines) is 1. The Morgan fingerprint density at radius 1 is 1.24 bits per heavy atom. The SMILES string of the molecule is Cc1cccc(C)c1OCC1CCCCN1C. The minimum absolute atomic E-state index is 0.586. The van der Waals surface area contributed by atoms with E-state index in [1.165, 1.54) is 36.9 Å². The second-order valence-corrected chi connectivity index (χ2v) is 5.16. The molecule has 0 spiro atoms. The van der Waals surface area contributed by atoms with Gasteiger partial charge in [0.05, 0.1) is 0 Å². The topological polar surface area (TPSA) is 12.5 Å². The van der Waals surface area contributed by atoms with Gasteiger partial charge in [-0.15, -0.1) is 0 Å². The molecular weight excluding hydrogens is 210 g/mol. The molecule has 17 heavy (non-hydrogen) atoms. The van der Waals surface area contributed by atoms with E-state index in [0.717, 1.165) is 12.4 Å². The molecule has 1 aliphatic rings. The maximum atomic E-state index is 6.04. The number of likely N-dealkylation sites (N-methyl/N-ethyl adjacent to an activating group) is 1. The molecule has 0 radical (unpaired) electrons. The highest BCUT2D eigenvalue weighted by atomic mass is 16.5. The molecule has 2 heteroatoms. The fourth-order valence-corrected chi connectivity index (χ4v) is 2.56. The van der Waals surface area contributed by atoms with E-state index in [9.17, 15) is 0 Å².